The van der Waals surface area contributed by atoms with Crippen LogP contribution >= 0.6 is 11.6 Å². The lowest BCUT2D eigenvalue weighted by Gasteiger charge is -2.16. The lowest BCUT2D eigenvalue weighted by molar-refractivity contribution is 0.459. The Morgan fingerprint density at radius 3 is 2.29 bits per heavy atom. The number of alkyl halides is 1. The molecule has 0 fully saturated rings. The maximum absolute atomic E-state index is 12.1. The fraction of sp³-hybridized carbons (Fsp3) is 0.500. The van der Waals surface area contributed by atoms with Crippen LogP contribution in [0.25, 0.3) is 0 Å². The molecule has 0 aliphatic carbocycles. The molecule has 1 rings (SSSR count). The molecule has 0 saturated carbocycles. The molecule has 3 nitrogen and oxygen atoms in total. The number of benzene rings is 1. The lowest BCUT2D eigenvalue weighted by Crippen LogP contribution is -2.27. The van der Waals surface area contributed by atoms with Gasteiger partial charge in [0.15, 0.2) is 0 Å². The van der Waals surface area contributed by atoms with E-state index in [4.69, 9.17) is 11.6 Å². The van der Waals surface area contributed by atoms with Gasteiger partial charge >= 0.3 is 0 Å². The topological polar surface area (TPSA) is 37.4 Å². The Hall–Kier alpha value is -0.580. The molecule has 0 unspecified atom stereocenters. The van der Waals surface area contributed by atoms with E-state index in [9.17, 15) is 8.42 Å². The molecule has 1 aromatic rings. The molecule has 0 aliphatic heterocycles. The van der Waals surface area contributed by atoms with E-state index in [0.29, 0.717) is 17.3 Å². The van der Waals surface area contributed by atoms with E-state index in [1.165, 1.54) is 4.31 Å². The predicted molar refractivity (Wildman–Crippen MR) is 70.7 cm³/mol. The third-order valence-corrected chi connectivity index (χ3v) is 4.79. The summed E-state index contributed by atoms with van der Waals surface area (Å²) in [6.45, 7) is 2.59. The highest BCUT2D eigenvalue weighted by atomic mass is 35.5. The van der Waals surface area contributed by atoms with Crippen LogP contribution in [0.5, 0.6) is 0 Å². The molecule has 0 spiro atoms. The Labute approximate surface area is 108 Å². The molecule has 0 N–H and O–H groups in total. The zero-order valence-electron chi connectivity index (χ0n) is 10.2. The van der Waals surface area contributed by atoms with Crippen LogP contribution in [0, 0.1) is 0 Å². The van der Waals surface area contributed by atoms with Crippen LogP contribution in [0.3, 0.4) is 0 Å². The quantitative estimate of drug-likeness (QED) is 0.749. The first-order chi connectivity index (χ1) is 8.02. The molecule has 5 heteroatoms. The zero-order chi connectivity index (χ0) is 12.9. The second-order valence-electron chi connectivity index (χ2n) is 3.96. The monoisotopic (exact) mass is 275 g/mol. The molecule has 0 bridgehead atoms. The summed E-state index contributed by atoms with van der Waals surface area (Å²) in [6.07, 6.45) is 1.85. The first-order valence-electron chi connectivity index (χ1n) is 5.63. The Bertz CT molecular complexity index is 442. The van der Waals surface area contributed by atoms with E-state index < -0.39 is 10.0 Å². The largest absolute Gasteiger partial charge is 0.242 e. The number of halogens is 1. The third-order valence-electron chi connectivity index (χ3n) is 2.61. The summed E-state index contributed by atoms with van der Waals surface area (Å²) in [5.74, 6) is 0.395. The van der Waals surface area contributed by atoms with Gasteiger partial charge < -0.3 is 0 Å². The average molecular weight is 276 g/mol. The highest BCUT2D eigenvalue weighted by Gasteiger charge is 2.19. The normalized spacial score (nSPS) is 12.0. The van der Waals surface area contributed by atoms with Crippen LogP contribution < -0.4 is 0 Å². The van der Waals surface area contributed by atoms with Gasteiger partial charge in [-0.25, -0.2) is 12.7 Å². The van der Waals surface area contributed by atoms with Crippen LogP contribution in [-0.4, -0.2) is 26.3 Å². The van der Waals surface area contributed by atoms with Crippen molar-refractivity contribution in [3.05, 3.63) is 29.8 Å². The summed E-state index contributed by atoms with van der Waals surface area (Å²) in [5.41, 5.74) is 0.918. The number of hydrogen-bond donors (Lipinski definition) is 0. The summed E-state index contributed by atoms with van der Waals surface area (Å²) in [4.78, 5) is 0.324. The van der Waals surface area contributed by atoms with Crippen LogP contribution in [0.1, 0.15) is 25.3 Å². The minimum atomic E-state index is -3.35. The average Bonchev–Trinajstić information content (AvgIpc) is 2.35. The molecular weight excluding hydrogens is 258 g/mol. The molecule has 0 atom stereocenters. The van der Waals surface area contributed by atoms with Crippen molar-refractivity contribution in [3.8, 4) is 0 Å². The molecule has 0 aromatic heterocycles. The SMILES string of the molecule is CCCCN(C)S(=O)(=O)c1ccc(CCl)cc1. The summed E-state index contributed by atoms with van der Waals surface area (Å²) in [5, 5.41) is 0. The van der Waals surface area contributed by atoms with Crippen LogP contribution in [0.15, 0.2) is 29.2 Å². The first-order valence-corrected chi connectivity index (χ1v) is 7.61. The van der Waals surface area contributed by atoms with Gasteiger partial charge in [0.05, 0.1) is 4.90 Å². The highest BCUT2D eigenvalue weighted by Crippen LogP contribution is 2.16. The van der Waals surface area contributed by atoms with Gasteiger partial charge in [0.2, 0.25) is 10.0 Å². The molecular formula is C12H18ClNO2S. The number of hydrogen-bond acceptors (Lipinski definition) is 2. The Morgan fingerprint density at radius 1 is 1.24 bits per heavy atom. The van der Waals surface area contributed by atoms with Gasteiger partial charge in [0.1, 0.15) is 0 Å². The fourth-order valence-corrected chi connectivity index (χ4v) is 2.82. The van der Waals surface area contributed by atoms with Gasteiger partial charge in [0.25, 0.3) is 0 Å². The fourth-order valence-electron chi connectivity index (χ4n) is 1.43. The van der Waals surface area contributed by atoms with E-state index in [-0.39, 0.29) is 0 Å². The van der Waals surface area contributed by atoms with Crippen molar-refractivity contribution >= 4 is 21.6 Å². The number of rotatable bonds is 6. The number of sulfonamides is 1. The van der Waals surface area contributed by atoms with Gasteiger partial charge in [-0.1, -0.05) is 25.5 Å². The minimum Gasteiger partial charge on any atom is -0.207 e. The van der Waals surface area contributed by atoms with Crippen molar-refractivity contribution in [2.24, 2.45) is 0 Å². The van der Waals surface area contributed by atoms with Crippen molar-refractivity contribution < 1.29 is 8.42 Å². The van der Waals surface area contributed by atoms with Crippen molar-refractivity contribution in [3.63, 3.8) is 0 Å². The minimum absolute atomic E-state index is 0.324. The second-order valence-corrected chi connectivity index (χ2v) is 6.27. The van der Waals surface area contributed by atoms with E-state index >= 15 is 0 Å². The van der Waals surface area contributed by atoms with E-state index in [1.54, 1.807) is 31.3 Å². The van der Waals surface area contributed by atoms with Gasteiger partial charge in [-0.05, 0) is 24.1 Å². The molecule has 96 valence electrons. The van der Waals surface area contributed by atoms with Crippen molar-refractivity contribution in [1.29, 1.82) is 0 Å². The second kappa shape index (κ2) is 6.38. The van der Waals surface area contributed by atoms with Crippen LogP contribution in [0.4, 0.5) is 0 Å². The smallest absolute Gasteiger partial charge is 0.207 e. The Kier molecular flexibility index (Phi) is 5.43. The molecule has 0 heterocycles. The zero-order valence-corrected chi connectivity index (χ0v) is 11.8. The van der Waals surface area contributed by atoms with Crippen LogP contribution in [-0.2, 0) is 15.9 Å². The molecule has 1 aromatic carbocycles. The van der Waals surface area contributed by atoms with Gasteiger partial charge in [-0.3, -0.25) is 0 Å². The van der Waals surface area contributed by atoms with Crippen molar-refractivity contribution in [1.82, 2.24) is 4.31 Å². The number of nitrogens with zero attached hydrogens (tertiary/aromatic N) is 1. The van der Waals surface area contributed by atoms with E-state index in [0.717, 1.165) is 18.4 Å². The third kappa shape index (κ3) is 3.69. The predicted octanol–water partition coefficient (Wildman–Crippen LogP) is 2.85. The van der Waals surface area contributed by atoms with Crippen molar-refractivity contribution in [2.75, 3.05) is 13.6 Å². The molecule has 0 radical (unpaired) electrons. The maximum atomic E-state index is 12.1. The molecule has 0 amide bonds. The van der Waals surface area contributed by atoms with E-state index in [1.807, 2.05) is 6.92 Å². The standard InChI is InChI=1S/C12H18ClNO2S/c1-3-4-9-14(2)17(15,16)12-7-5-11(10-13)6-8-12/h5-8H,3-4,9-10H2,1-2H3. The molecule has 0 saturated heterocycles. The molecule has 17 heavy (non-hydrogen) atoms. The number of unbranched alkanes of at least 4 members (excludes halogenated alkanes) is 1. The summed E-state index contributed by atoms with van der Waals surface area (Å²) >= 11 is 5.66. The summed E-state index contributed by atoms with van der Waals surface area (Å²) < 4.78 is 25.7. The summed E-state index contributed by atoms with van der Waals surface area (Å²) in [6, 6.07) is 6.70. The maximum Gasteiger partial charge on any atom is 0.242 e. The van der Waals surface area contributed by atoms with Gasteiger partial charge in [0, 0.05) is 19.5 Å². The lowest BCUT2D eigenvalue weighted by atomic mass is 10.2. The highest BCUT2D eigenvalue weighted by molar-refractivity contribution is 7.89. The first kappa shape index (κ1) is 14.5. The summed E-state index contributed by atoms with van der Waals surface area (Å²) in [7, 11) is -1.73. The Balaban J connectivity index is 2.88. The van der Waals surface area contributed by atoms with Gasteiger partial charge in [-0.2, -0.15) is 0 Å². The van der Waals surface area contributed by atoms with E-state index in [2.05, 4.69) is 0 Å². The van der Waals surface area contributed by atoms with Crippen molar-refractivity contribution in [2.45, 2.75) is 30.5 Å². The van der Waals surface area contributed by atoms with Crippen LogP contribution in [0.2, 0.25) is 0 Å². The Morgan fingerprint density at radius 2 is 1.82 bits per heavy atom. The molecule has 0 aliphatic rings. The van der Waals surface area contributed by atoms with Gasteiger partial charge in [-0.15, -0.1) is 11.6 Å².